The number of thioether (sulfide) groups is 1. The SMILES string of the molecule is O=C(COc1ccc2ccccc2c1)N1CCN=C1SCc1ccc(Br)cc1. The van der Waals surface area contributed by atoms with E-state index >= 15 is 0 Å². The van der Waals surface area contributed by atoms with E-state index in [-0.39, 0.29) is 12.5 Å². The minimum Gasteiger partial charge on any atom is -0.484 e. The molecule has 1 heterocycles. The van der Waals surface area contributed by atoms with Gasteiger partial charge < -0.3 is 4.74 Å². The lowest BCUT2D eigenvalue weighted by molar-refractivity contribution is -0.128. The maximum Gasteiger partial charge on any atom is 0.266 e. The van der Waals surface area contributed by atoms with Crippen molar-refractivity contribution >= 4 is 49.5 Å². The number of benzene rings is 3. The topological polar surface area (TPSA) is 41.9 Å². The van der Waals surface area contributed by atoms with Crippen molar-refractivity contribution in [2.24, 2.45) is 4.99 Å². The number of halogens is 1. The highest BCUT2D eigenvalue weighted by Crippen LogP contribution is 2.23. The van der Waals surface area contributed by atoms with Crippen LogP contribution in [0.25, 0.3) is 10.8 Å². The Morgan fingerprint density at radius 3 is 2.68 bits per heavy atom. The summed E-state index contributed by atoms with van der Waals surface area (Å²) in [7, 11) is 0. The van der Waals surface area contributed by atoms with Crippen molar-refractivity contribution in [3.8, 4) is 5.75 Å². The zero-order chi connectivity index (χ0) is 19.3. The minimum absolute atomic E-state index is 0.0101. The summed E-state index contributed by atoms with van der Waals surface area (Å²) in [5.41, 5.74) is 1.20. The first kappa shape index (κ1) is 19.0. The van der Waals surface area contributed by atoms with Gasteiger partial charge in [0.05, 0.1) is 6.54 Å². The van der Waals surface area contributed by atoms with Crippen LogP contribution in [0.15, 0.2) is 76.2 Å². The first-order valence-electron chi connectivity index (χ1n) is 9.03. The third-order valence-electron chi connectivity index (χ3n) is 4.47. The number of amides is 1. The van der Waals surface area contributed by atoms with Crippen LogP contribution < -0.4 is 4.74 Å². The molecule has 0 atom stereocenters. The molecular formula is C22H19BrN2O2S. The van der Waals surface area contributed by atoms with Crippen LogP contribution in [0.2, 0.25) is 0 Å². The van der Waals surface area contributed by atoms with Crippen molar-refractivity contribution in [1.82, 2.24) is 4.90 Å². The Hall–Kier alpha value is -2.31. The van der Waals surface area contributed by atoms with Gasteiger partial charge in [-0.2, -0.15) is 0 Å². The molecule has 4 rings (SSSR count). The van der Waals surface area contributed by atoms with Gasteiger partial charge in [-0.05, 0) is 40.6 Å². The second kappa shape index (κ2) is 8.80. The molecule has 0 aliphatic carbocycles. The van der Waals surface area contributed by atoms with Gasteiger partial charge in [0.15, 0.2) is 11.8 Å². The number of rotatable bonds is 5. The predicted octanol–water partition coefficient (Wildman–Crippen LogP) is 5.11. The lowest BCUT2D eigenvalue weighted by atomic mass is 10.1. The second-order valence-corrected chi connectivity index (χ2v) is 8.28. The number of hydrogen-bond donors (Lipinski definition) is 0. The summed E-state index contributed by atoms with van der Waals surface area (Å²) in [6, 6.07) is 22.1. The Morgan fingerprint density at radius 2 is 1.86 bits per heavy atom. The third kappa shape index (κ3) is 4.56. The largest absolute Gasteiger partial charge is 0.484 e. The smallest absolute Gasteiger partial charge is 0.266 e. The van der Waals surface area contributed by atoms with Gasteiger partial charge in [-0.3, -0.25) is 14.7 Å². The summed E-state index contributed by atoms with van der Waals surface area (Å²) < 4.78 is 6.81. The van der Waals surface area contributed by atoms with Crippen LogP contribution in [0.3, 0.4) is 0 Å². The van der Waals surface area contributed by atoms with Crippen molar-refractivity contribution in [3.63, 3.8) is 0 Å². The number of nitrogens with zero attached hydrogens (tertiary/aromatic N) is 2. The van der Waals surface area contributed by atoms with Gasteiger partial charge in [0, 0.05) is 16.8 Å². The molecule has 0 fully saturated rings. The van der Waals surface area contributed by atoms with Gasteiger partial charge in [-0.25, -0.2) is 0 Å². The van der Waals surface area contributed by atoms with E-state index in [1.54, 1.807) is 16.7 Å². The Kier molecular flexibility index (Phi) is 5.98. The summed E-state index contributed by atoms with van der Waals surface area (Å²) >= 11 is 5.03. The van der Waals surface area contributed by atoms with Crippen LogP contribution in [0.5, 0.6) is 5.75 Å². The maximum absolute atomic E-state index is 12.6. The monoisotopic (exact) mass is 454 g/mol. The summed E-state index contributed by atoms with van der Waals surface area (Å²) in [4.78, 5) is 18.9. The number of carbonyl (C=O) groups excluding carboxylic acids is 1. The van der Waals surface area contributed by atoms with Crippen LogP contribution in [0.1, 0.15) is 5.56 Å². The third-order valence-corrected chi connectivity index (χ3v) is 6.08. The Balaban J connectivity index is 1.34. The number of aliphatic imine (C=N–C) groups is 1. The fraction of sp³-hybridized carbons (Fsp3) is 0.182. The van der Waals surface area contributed by atoms with Gasteiger partial charge >= 0.3 is 0 Å². The van der Waals surface area contributed by atoms with Crippen LogP contribution in [-0.2, 0) is 10.5 Å². The van der Waals surface area contributed by atoms with Gasteiger partial charge in [0.1, 0.15) is 5.75 Å². The lowest BCUT2D eigenvalue weighted by Crippen LogP contribution is -2.36. The average molecular weight is 455 g/mol. The average Bonchev–Trinajstić information content (AvgIpc) is 3.20. The van der Waals surface area contributed by atoms with Crippen LogP contribution in [0, 0.1) is 0 Å². The summed E-state index contributed by atoms with van der Waals surface area (Å²) in [5.74, 6) is 1.42. The molecular weight excluding hydrogens is 436 g/mol. The van der Waals surface area contributed by atoms with E-state index in [4.69, 9.17) is 4.74 Å². The molecule has 142 valence electrons. The van der Waals surface area contributed by atoms with E-state index in [0.29, 0.717) is 18.8 Å². The zero-order valence-corrected chi connectivity index (χ0v) is 17.6. The van der Waals surface area contributed by atoms with E-state index in [1.807, 2.05) is 48.5 Å². The molecule has 28 heavy (non-hydrogen) atoms. The molecule has 1 aliphatic rings. The predicted molar refractivity (Wildman–Crippen MR) is 119 cm³/mol. The molecule has 3 aromatic rings. The molecule has 0 unspecified atom stereocenters. The van der Waals surface area contributed by atoms with E-state index in [2.05, 4.69) is 39.1 Å². The van der Waals surface area contributed by atoms with Crippen molar-refractivity contribution < 1.29 is 9.53 Å². The van der Waals surface area contributed by atoms with Crippen molar-refractivity contribution in [3.05, 3.63) is 76.8 Å². The summed E-state index contributed by atoms with van der Waals surface area (Å²) in [6.45, 7) is 1.27. The first-order valence-corrected chi connectivity index (χ1v) is 10.8. The van der Waals surface area contributed by atoms with E-state index in [1.165, 1.54) is 5.56 Å². The normalized spacial score (nSPS) is 13.6. The molecule has 0 saturated heterocycles. The molecule has 0 saturated carbocycles. The molecule has 0 aromatic heterocycles. The molecule has 4 nitrogen and oxygen atoms in total. The van der Waals surface area contributed by atoms with Gasteiger partial charge in [0.2, 0.25) is 0 Å². The summed E-state index contributed by atoms with van der Waals surface area (Å²) in [6.07, 6.45) is 0. The van der Waals surface area contributed by atoms with Gasteiger partial charge in [-0.1, -0.05) is 70.2 Å². The van der Waals surface area contributed by atoms with Crippen LogP contribution in [0.4, 0.5) is 0 Å². The quantitative estimate of drug-likeness (QED) is 0.537. The van der Waals surface area contributed by atoms with E-state index in [9.17, 15) is 4.79 Å². The van der Waals surface area contributed by atoms with Gasteiger partial charge in [-0.15, -0.1) is 0 Å². The van der Waals surface area contributed by atoms with Gasteiger partial charge in [0.25, 0.3) is 5.91 Å². The fourth-order valence-corrected chi connectivity index (χ4v) is 4.27. The molecule has 1 aliphatic heterocycles. The zero-order valence-electron chi connectivity index (χ0n) is 15.2. The number of carbonyl (C=O) groups is 1. The van der Waals surface area contributed by atoms with Crippen molar-refractivity contribution in [2.75, 3.05) is 19.7 Å². The Bertz CT molecular complexity index is 1020. The Labute approximate surface area is 176 Å². The molecule has 0 radical (unpaired) electrons. The minimum atomic E-state index is -0.0623. The fourth-order valence-electron chi connectivity index (χ4n) is 2.99. The molecule has 6 heteroatoms. The highest BCUT2D eigenvalue weighted by molar-refractivity contribution is 9.10. The Morgan fingerprint density at radius 1 is 1.07 bits per heavy atom. The number of fused-ring (bicyclic) bond motifs is 1. The number of amidine groups is 1. The number of hydrogen-bond acceptors (Lipinski definition) is 4. The first-order chi connectivity index (χ1) is 13.7. The molecule has 0 spiro atoms. The van der Waals surface area contributed by atoms with Crippen LogP contribution in [-0.4, -0.2) is 35.7 Å². The highest BCUT2D eigenvalue weighted by Gasteiger charge is 2.24. The van der Waals surface area contributed by atoms with E-state index < -0.39 is 0 Å². The molecule has 0 N–H and O–H groups in total. The molecule has 1 amide bonds. The highest BCUT2D eigenvalue weighted by atomic mass is 79.9. The molecule has 0 bridgehead atoms. The lowest BCUT2D eigenvalue weighted by Gasteiger charge is -2.18. The summed E-state index contributed by atoms with van der Waals surface area (Å²) in [5, 5.41) is 3.02. The maximum atomic E-state index is 12.6. The second-order valence-electron chi connectivity index (χ2n) is 6.42. The van der Waals surface area contributed by atoms with Crippen LogP contribution >= 0.6 is 27.7 Å². The van der Waals surface area contributed by atoms with E-state index in [0.717, 1.165) is 26.2 Å². The molecule has 3 aromatic carbocycles. The van der Waals surface area contributed by atoms with Crippen molar-refractivity contribution in [2.45, 2.75) is 5.75 Å². The van der Waals surface area contributed by atoms with Crippen molar-refractivity contribution in [1.29, 1.82) is 0 Å². The standard InChI is InChI=1S/C22H19BrN2O2S/c23-19-8-5-16(6-9-19)15-28-22-24-11-12-25(22)21(26)14-27-20-10-7-17-3-1-2-4-18(17)13-20/h1-10,13H,11-12,14-15H2. The number of ether oxygens (including phenoxy) is 1.